The van der Waals surface area contributed by atoms with Crippen LogP contribution in [-0.4, -0.2) is 15.0 Å². The molecule has 0 aliphatic rings. The smallest absolute Gasteiger partial charge is 0.264 e. The molecule has 0 unspecified atom stereocenters. The van der Waals surface area contributed by atoms with E-state index in [1.165, 1.54) is 0 Å². The molecule has 19 heavy (non-hydrogen) atoms. The van der Waals surface area contributed by atoms with Crippen LogP contribution in [0.4, 0.5) is 13.2 Å². The van der Waals surface area contributed by atoms with E-state index in [-0.39, 0.29) is 16.4 Å². The van der Waals surface area contributed by atoms with Crippen LogP contribution in [0.1, 0.15) is 17.0 Å². The number of aryl methyl sites for hydroxylation is 1. The Kier molecular flexibility index (Phi) is 3.45. The van der Waals surface area contributed by atoms with Gasteiger partial charge in [-0.25, -0.2) is 9.97 Å². The Labute approximate surface area is 112 Å². The number of halogens is 4. The third-order valence-electron chi connectivity index (χ3n) is 2.58. The van der Waals surface area contributed by atoms with Gasteiger partial charge in [0.05, 0.1) is 11.3 Å². The van der Waals surface area contributed by atoms with Crippen LogP contribution in [0.3, 0.4) is 0 Å². The van der Waals surface area contributed by atoms with E-state index in [4.69, 9.17) is 11.6 Å². The molecule has 3 nitrogen and oxygen atoms in total. The van der Waals surface area contributed by atoms with Crippen molar-refractivity contribution in [3.63, 3.8) is 0 Å². The highest BCUT2D eigenvalue weighted by atomic mass is 35.5. The highest BCUT2D eigenvalue weighted by molar-refractivity contribution is 6.30. The van der Waals surface area contributed by atoms with Crippen LogP contribution < -0.4 is 0 Å². The quantitative estimate of drug-likeness (QED) is 0.748. The van der Waals surface area contributed by atoms with E-state index in [0.717, 1.165) is 18.5 Å². The molecule has 0 spiro atoms. The van der Waals surface area contributed by atoms with Crippen molar-refractivity contribution >= 4 is 11.6 Å². The van der Waals surface area contributed by atoms with E-state index in [2.05, 4.69) is 15.0 Å². The van der Waals surface area contributed by atoms with Crippen molar-refractivity contribution < 1.29 is 13.2 Å². The van der Waals surface area contributed by atoms with Crippen LogP contribution >= 0.6 is 11.6 Å². The molecule has 2 aromatic heterocycles. The van der Waals surface area contributed by atoms with Gasteiger partial charge >= 0.3 is 6.18 Å². The largest absolute Gasteiger partial charge is 0.417 e. The second kappa shape index (κ2) is 4.77. The Morgan fingerprint density at radius 2 is 1.84 bits per heavy atom. The van der Waals surface area contributed by atoms with Crippen LogP contribution in [0, 0.1) is 13.8 Å². The van der Waals surface area contributed by atoms with Gasteiger partial charge in [0.15, 0.2) is 0 Å². The van der Waals surface area contributed by atoms with Gasteiger partial charge in [-0.05, 0) is 19.9 Å². The van der Waals surface area contributed by atoms with Crippen LogP contribution in [0.2, 0.25) is 5.15 Å². The van der Waals surface area contributed by atoms with E-state index in [0.29, 0.717) is 11.4 Å². The Morgan fingerprint density at radius 1 is 1.16 bits per heavy atom. The molecule has 2 heterocycles. The van der Waals surface area contributed by atoms with Gasteiger partial charge in [-0.1, -0.05) is 11.6 Å². The summed E-state index contributed by atoms with van der Waals surface area (Å²) >= 11 is 5.88. The molecular weight excluding hydrogens is 279 g/mol. The van der Waals surface area contributed by atoms with Gasteiger partial charge < -0.3 is 0 Å². The molecule has 0 atom stereocenters. The van der Waals surface area contributed by atoms with Crippen LogP contribution in [-0.2, 0) is 6.18 Å². The third kappa shape index (κ3) is 2.68. The molecule has 0 amide bonds. The summed E-state index contributed by atoms with van der Waals surface area (Å²) in [5.74, 6) is 0.308. The highest BCUT2D eigenvalue weighted by Gasteiger charge is 2.34. The first-order valence-electron chi connectivity index (χ1n) is 5.33. The summed E-state index contributed by atoms with van der Waals surface area (Å²) in [7, 11) is 0. The van der Waals surface area contributed by atoms with Crippen molar-refractivity contribution in [3.8, 4) is 11.3 Å². The average molecular weight is 288 g/mol. The van der Waals surface area contributed by atoms with E-state index in [1.807, 2.05) is 0 Å². The topological polar surface area (TPSA) is 38.7 Å². The summed E-state index contributed by atoms with van der Waals surface area (Å²) in [6, 6.07) is 0.917. The van der Waals surface area contributed by atoms with Gasteiger partial charge in [0.25, 0.3) is 0 Å². The predicted molar refractivity (Wildman–Crippen MR) is 64.7 cm³/mol. The first kappa shape index (κ1) is 13.7. The number of alkyl halides is 3. The van der Waals surface area contributed by atoms with Crippen LogP contribution in [0.5, 0.6) is 0 Å². The lowest BCUT2D eigenvalue weighted by Gasteiger charge is -2.14. The fraction of sp³-hybridized carbons (Fsp3) is 0.250. The summed E-state index contributed by atoms with van der Waals surface area (Å²) < 4.78 is 38.9. The molecule has 0 bridgehead atoms. The normalized spacial score (nSPS) is 11.7. The van der Waals surface area contributed by atoms with E-state index >= 15 is 0 Å². The molecule has 7 heteroatoms. The molecule has 2 rings (SSSR count). The minimum Gasteiger partial charge on any atom is -0.264 e. The summed E-state index contributed by atoms with van der Waals surface area (Å²) in [5, 5.41) is 0.138. The average Bonchev–Trinajstić information content (AvgIpc) is 2.33. The van der Waals surface area contributed by atoms with Crippen molar-refractivity contribution in [2.45, 2.75) is 20.0 Å². The predicted octanol–water partition coefficient (Wildman–Crippen LogP) is 3.83. The summed E-state index contributed by atoms with van der Waals surface area (Å²) in [5.41, 5.74) is -0.344. The summed E-state index contributed by atoms with van der Waals surface area (Å²) in [6.07, 6.45) is -2.25. The summed E-state index contributed by atoms with van der Waals surface area (Å²) in [4.78, 5) is 11.7. The van der Waals surface area contributed by atoms with E-state index in [1.54, 1.807) is 13.8 Å². The number of aromatic nitrogens is 3. The fourth-order valence-corrected chi connectivity index (χ4v) is 1.90. The molecule has 0 N–H and O–H groups in total. The molecule has 2 aromatic rings. The van der Waals surface area contributed by atoms with Crippen LogP contribution in [0.15, 0.2) is 18.5 Å². The zero-order valence-corrected chi connectivity index (χ0v) is 10.8. The maximum absolute atomic E-state index is 13.0. The van der Waals surface area contributed by atoms with E-state index in [9.17, 15) is 13.2 Å². The zero-order chi connectivity index (χ0) is 14.2. The molecule has 0 saturated heterocycles. The minimum absolute atomic E-state index is 0.0973. The van der Waals surface area contributed by atoms with Gasteiger partial charge in [-0.2, -0.15) is 13.2 Å². The highest BCUT2D eigenvalue weighted by Crippen LogP contribution is 2.37. The van der Waals surface area contributed by atoms with E-state index < -0.39 is 11.7 Å². The number of rotatable bonds is 1. The SMILES string of the molecule is Cc1nc(Cl)c(C)c(-c2cnccc2C(F)(F)F)n1. The monoisotopic (exact) mass is 287 g/mol. The lowest BCUT2D eigenvalue weighted by Crippen LogP contribution is -2.09. The Hall–Kier alpha value is -1.69. The maximum Gasteiger partial charge on any atom is 0.417 e. The lowest BCUT2D eigenvalue weighted by atomic mass is 10.0. The molecule has 100 valence electrons. The number of hydrogen-bond donors (Lipinski definition) is 0. The lowest BCUT2D eigenvalue weighted by molar-refractivity contribution is -0.137. The fourth-order valence-electron chi connectivity index (χ4n) is 1.69. The molecule has 0 saturated carbocycles. The number of nitrogens with zero attached hydrogens (tertiary/aromatic N) is 3. The number of hydrogen-bond acceptors (Lipinski definition) is 3. The molecular formula is C12H9ClF3N3. The van der Waals surface area contributed by atoms with Gasteiger partial charge in [-0.3, -0.25) is 4.98 Å². The first-order chi connectivity index (χ1) is 8.80. The van der Waals surface area contributed by atoms with Gasteiger partial charge in [-0.15, -0.1) is 0 Å². The van der Waals surface area contributed by atoms with Crippen molar-refractivity contribution in [2.24, 2.45) is 0 Å². The number of pyridine rings is 1. The Balaban J connectivity index is 2.73. The van der Waals surface area contributed by atoms with Crippen molar-refractivity contribution in [3.05, 3.63) is 40.6 Å². The molecule has 0 aromatic carbocycles. The minimum atomic E-state index is -4.48. The zero-order valence-electron chi connectivity index (χ0n) is 10.1. The second-order valence-corrected chi connectivity index (χ2v) is 4.31. The maximum atomic E-state index is 13.0. The van der Waals surface area contributed by atoms with Gasteiger partial charge in [0.1, 0.15) is 11.0 Å². The van der Waals surface area contributed by atoms with Gasteiger partial charge in [0, 0.05) is 23.5 Å². The summed E-state index contributed by atoms with van der Waals surface area (Å²) in [6.45, 7) is 3.14. The van der Waals surface area contributed by atoms with Crippen molar-refractivity contribution in [2.75, 3.05) is 0 Å². The molecule has 0 radical (unpaired) electrons. The Bertz CT molecular complexity index is 626. The van der Waals surface area contributed by atoms with Crippen LogP contribution in [0.25, 0.3) is 11.3 Å². The van der Waals surface area contributed by atoms with Crippen molar-refractivity contribution in [1.29, 1.82) is 0 Å². The van der Waals surface area contributed by atoms with Gasteiger partial charge in [0.2, 0.25) is 0 Å². The molecule has 0 fully saturated rings. The van der Waals surface area contributed by atoms with Crippen molar-refractivity contribution in [1.82, 2.24) is 15.0 Å². The molecule has 0 aliphatic heterocycles. The third-order valence-corrected chi connectivity index (χ3v) is 2.95. The molecule has 0 aliphatic carbocycles. The Morgan fingerprint density at radius 3 is 2.47 bits per heavy atom. The standard InChI is InChI=1S/C12H9ClF3N3/c1-6-10(18-7(2)19-11(6)13)8-5-17-4-3-9(8)12(14,15)16/h3-5H,1-2H3. The first-order valence-corrected chi connectivity index (χ1v) is 5.71. The second-order valence-electron chi connectivity index (χ2n) is 3.95.